The summed E-state index contributed by atoms with van der Waals surface area (Å²) in [5, 5.41) is 0. The van der Waals surface area contributed by atoms with E-state index >= 15 is 0 Å². The maximum absolute atomic E-state index is 14.5. The van der Waals surface area contributed by atoms with Crippen molar-refractivity contribution in [3.8, 4) is 0 Å². The SMILES string of the molecule is CC(C)(C)c1ccc(CN(CCc2ccc(F)c(F)c2F)C(=O)c2cc(C(F)(F)F)ccc2F)cc1. The lowest BCUT2D eigenvalue weighted by Gasteiger charge is -2.25. The quantitative estimate of drug-likeness (QED) is 0.249. The van der Waals surface area contributed by atoms with Crippen molar-refractivity contribution < 1.29 is 35.5 Å². The molecule has 0 aliphatic carbocycles. The van der Waals surface area contributed by atoms with Crippen LogP contribution >= 0.6 is 0 Å². The van der Waals surface area contributed by atoms with Crippen LogP contribution in [0.15, 0.2) is 54.6 Å². The summed E-state index contributed by atoms with van der Waals surface area (Å²) in [6, 6.07) is 10.4. The molecule has 0 aliphatic rings. The average molecular weight is 511 g/mol. The van der Waals surface area contributed by atoms with Crippen LogP contribution in [0.5, 0.6) is 0 Å². The standard InChI is InChI=1S/C27H24F7NO/c1-26(2,3)18-7-4-16(5-8-18)15-35(13-12-17-6-10-22(29)24(31)23(17)30)25(36)20-14-19(27(32,33)34)9-11-21(20)28/h4-11,14H,12-13,15H2,1-3H3. The number of halogens is 7. The van der Waals surface area contributed by atoms with Gasteiger partial charge in [-0.25, -0.2) is 17.6 Å². The lowest BCUT2D eigenvalue weighted by Crippen LogP contribution is -2.33. The highest BCUT2D eigenvalue weighted by Crippen LogP contribution is 2.31. The van der Waals surface area contributed by atoms with Crippen molar-refractivity contribution in [2.75, 3.05) is 6.54 Å². The van der Waals surface area contributed by atoms with Gasteiger partial charge in [-0.05, 0) is 52.8 Å². The maximum Gasteiger partial charge on any atom is 0.416 e. The van der Waals surface area contributed by atoms with Crippen LogP contribution in [0.4, 0.5) is 30.7 Å². The van der Waals surface area contributed by atoms with Gasteiger partial charge in [-0.1, -0.05) is 51.1 Å². The number of alkyl halides is 3. The van der Waals surface area contributed by atoms with Crippen molar-refractivity contribution in [2.45, 2.75) is 45.3 Å². The van der Waals surface area contributed by atoms with Crippen molar-refractivity contribution in [1.29, 1.82) is 0 Å². The minimum Gasteiger partial charge on any atom is -0.334 e. The molecule has 0 fully saturated rings. The Kier molecular flexibility index (Phi) is 7.81. The molecule has 0 unspecified atom stereocenters. The fourth-order valence-electron chi connectivity index (χ4n) is 3.63. The van der Waals surface area contributed by atoms with Crippen molar-refractivity contribution >= 4 is 5.91 Å². The van der Waals surface area contributed by atoms with E-state index < -0.39 is 46.5 Å². The molecule has 0 aromatic heterocycles. The number of amides is 1. The van der Waals surface area contributed by atoms with Gasteiger partial charge in [0.25, 0.3) is 5.91 Å². The highest BCUT2D eigenvalue weighted by atomic mass is 19.4. The topological polar surface area (TPSA) is 20.3 Å². The number of carbonyl (C=O) groups excluding carboxylic acids is 1. The van der Waals surface area contributed by atoms with Crippen molar-refractivity contribution in [2.24, 2.45) is 0 Å². The van der Waals surface area contributed by atoms with Crippen molar-refractivity contribution in [1.82, 2.24) is 4.90 Å². The number of rotatable bonds is 6. The van der Waals surface area contributed by atoms with Crippen molar-refractivity contribution in [3.63, 3.8) is 0 Å². The van der Waals surface area contributed by atoms with Crippen LogP contribution in [0, 0.1) is 23.3 Å². The van der Waals surface area contributed by atoms with Crippen LogP contribution in [0.3, 0.4) is 0 Å². The van der Waals surface area contributed by atoms with Gasteiger partial charge in [0.2, 0.25) is 0 Å². The van der Waals surface area contributed by atoms with Gasteiger partial charge in [-0.2, -0.15) is 13.2 Å². The number of hydrogen-bond donors (Lipinski definition) is 0. The monoisotopic (exact) mass is 511 g/mol. The number of benzene rings is 3. The summed E-state index contributed by atoms with van der Waals surface area (Å²) in [6.45, 7) is 5.58. The predicted octanol–water partition coefficient (Wildman–Crippen LogP) is 7.44. The van der Waals surface area contributed by atoms with Crippen LogP contribution in [-0.2, 0) is 24.6 Å². The van der Waals surface area contributed by atoms with E-state index in [0.29, 0.717) is 23.8 Å². The molecule has 0 bridgehead atoms. The van der Waals surface area contributed by atoms with Crippen LogP contribution in [-0.4, -0.2) is 17.4 Å². The molecule has 0 atom stereocenters. The minimum absolute atomic E-state index is 0.135. The number of nitrogens with zero attached hydrogens (tertiary/aromatic N) is 1. The van der Waals surface area contributed by atoms with Gasteiger partial charge in [0.05, 0.1) is 11.1 Å². The lowest BCUT2D eigenvalue weighted by atomic mass is 9.87. The van der Waals surface area contributed by atoms with E-state index in [-0.39, 0.29) is 30.5 Å². The molecule has 9 heteroatoms. The van der Waals surface area contributed by atoms with Gasteiger partial charge in [0, 0.05) is 13.1 Å². The van der Waals surface area contributed by atoms with Gasteiger partial charge in [-0.3, -0.25) is 4.79 Å². The van der Waals surface area contributed by atoms with Gasteiger partial charge < -0.3 is 4.90 Å². The number of carbonyl (C=O) groups is 1. The third-order valence-electron chi connectivity index (χ3n) is 5.77. The fourth-order valence-corrected chi connectivity index (χ4v) is 3.63. The Morgan fingerprint density at radius 2 is 1.36 bits per heavy atom. The first-order valence-corrected chi connectivity index (χ1v) is 11.1. The summed E-state index contributed by atoms with van der Waals surface area (Å²) in [5.41, 5.74) is -0.805. The Bertz CT molecular complexity index is 1240. The molecular formula is C27H24F7NO. The second-order valence-corrected chi connectivity index (χ2v) is 9.45. The molecule has 36 heavy (non-hydrogen) atoms. The van der Waals surface area contributed by atoms with Gasteiger partial charge in [0.15, 0.2) is 17.5 Å². The van der Waals surface area contributed by atoms with E-state index in [2.05, 4.69) is 0 Å². The first-order valence-electron chi connectivity index (χ1n) is 11.1. The van der Waals surface area contributed by atoms with E-state index in [1.807, 2.05) is 32.9 Å². The zero-order valence-electron chi connectivity index (χ0n) is 19.8. The molecule has 0 spiro atoms. The van der Waals surface area contributed by atoms with E-state index in [9.17, 15) is 35.5 Å². The Morgan fingerprint density at radius 3 is 1.94 bits per heavy atom. The van der Waals surface area contributed by atoms with Crippen molar-refractivity contribution in [3.05, 3.63) is 106 Å². The Hall–Kier alpha value is -3.36. The van der Waals surface area contributed by atoms with Gasteiger partial charge >= 0.3 is 6.18 Å². The summed E-state index contributed by atoms with van der Waals surface area (Å²) < 4.78 is 95.1. The molecule has 192 valence electrons. The molecular weight excluding hydrogens is 487 g/mol. The largest absolute Gasteiger partial charge is 0.416 e. The highest BCUT2D eigenvalue weighted by Gasteiger charge is 2.32. The summed E-state index contributed by atoms with van der Waals surface area (Å²) in [7, 11) is 0. The van der Waals surface area contributed by atoms with Crippen LogP contribution in [0.25, 0.3) is 0 Å². The third kappa shape index (κ3) is 6.25. The zero-order chi connectivity index (χ0) is 26.8. The molecule has 3 aromatic rings. The summed E-state index contributed by atoms with van der Waals surface area (Å²) >= 11 is 0. The van der Waals surface area contributed by atoms with E-state index in [0.717, 1.165) is 22.6 Å². The molecule has 1 amide bonds. The molecule has 3 rings (SSSR count). The maximum atomic E-state index is 14.5. The number of hydrogen-bond acceptors (Lipinski definition) is 1. The zero-order valence-corrected chi connectivity index (χ0v) is 19.8. The summed E-state index contributed by atoms with van der Waals surface area (Å²) in [6.07, 6.45) is -5.08. The van der Waals surface area contributed by atoms with E-state index in [1.165, 1.54) is 0 Å². The fraction of sp³-hybridized carbons (Fsp3) is 0.296. The molecule has 0 heterocycles. The lowest BCUT2D eigenvalue weighted by molar-refractivity contribution is -0.137. The first-order chi connectivity index (χ1) is 16.7. The molecule has 0 radical (unpaired) electrons. The summed E-state index contributed by atoms with van der Waals surface area (Å²) in [4.78, 5) is 14.2. The molecule has 3 aromatic carbocycles. The molecule has 0 N–H and O–H groups in total. The first kappa shape index (κ1) is 27.2. The van der Waals surface area contributed by atoms with E-state index in [4.69, 9.17) is 0 Å². The smallest absolute Gasteiger partial charge is 0.334 e. The molecule has 2 nitrogen and oxygen atoms in total. The second kappa shape index (κ2) is 10.3. The Balaban J connectivity index is 1.95. The predicted molar refractivity (Wildman–Crippen MR) is 121 cm³/mol. The Morgan fingerprint density at radius 1 is 0.778 bits per heavy atom. The minimum atomic E-state index is -4.80. The van der Waals surface area contributed by atoms with Gasteiger partial charge in [-0.15, -0.1) is 0 Å². The summed E-state index contributed by atoms with van der Waals surface area (Å²) in [5.74, 6) is -6.69. The Labute approximate surface area is 204 Å². The molecule has 0 aliphatic heterocycles. The van der Waals surface area contributed by atoms with Crippen LogP contribution in [0.2, 0.25) is 0 Å². The average Bonchev–Trinajstić information content (AvgIpc) is 2.80. The van der Waals surface area contributed by atoms with Crippen LogP contribution in [0.1, 0.15) is 53.4 Å². The normalized spacial score (nSPS) is 12.1. The third-order valence-corrected chi connectivity index (χ3v) is 5.77. The second-order valence-electron chi connectivity index (χ2n) is 9.45. The molecule has 0 saturated heterocycles. The van der Waals surface area contributed by atoms with E-state index in [1.54, 1.807) is 12.1 Å². The van der Waals surface area contributed by atoms with Crippen LogP contribution < -0.4 is 0 Å². The highest BCUT2D eigenvalue weighted by molar-refractivity contribution is 5.94. The molecule has 0 saturated carbocycles. The van der Waals surface area contributed by atoms with Gasteiger partial charge in [0.1, 0.15) is 5.82 Å².